The normalized spacial score (nSPS) is 16.5. The van der Waals surface area contributed by atoms with Crippen LogP contribution in [0.1, 0.15) is 30.5 Å². The summed E-state index contributed by atoms with van der Waals surface area (Å²) >= 11 is 6.71. The number of amides is 1. The summed E-state index contributed by atoms with van der Waals surface area (Å²) in [5.74, 6) is -0.537. The van der Waals surface area contributed by atoms with Crippen LogP contribution in [0.25, 0.3) is 6.08 Å². The summed E-state index contributed by atoms with van der Waals surface area (Å²) in [5.41, 5.74) is 1.72. The smallest absolute Gasteiger partial charge is 0.306 e. The monoisotopic (exact) mass is 413 g/mol. The SMILES string of the molecule is CC(c1ccccc1)N1C(=O)/C(=C\c2ccccc2OCCC(=O)O)SC1=S. The third-order valence-electron chi connectivity index (χ3n) is 4.27. The molecule has 1 N–H and O–H groups in total. The van der Waals surface area contributed by atoms with Gasteiger partial charge in [-0.2, -0.15) is 0 Å². The third kappa shape index (κ3) is 4.61. The van der Waals surface area contributed by atoms with Crippen molar-refractivity contribution in [1.29, 1.82) is 0 Å². The number of nitrogens with zero attached hydrogens (tertiary/aromatic N) is 1. The number of carboxylic acids is 1. The van der Waals surface area contributed by atoms with E-state index in [0.29, 0.717) is 20.5 Å². The summed E-state index contributed by atoms with van der Waals surface area (Å²) in [6, 6.07) is 16.8. The van der Waals surface area contributed by atoms with Crippen molar-refractivity contribution in [2.75, 3.05) is 6.61 Å². The first-order chi connectivity index (χ1) is 13.5. The Labute approximate surface area is 173 Å². The van der Waals surface area contributed by atoms with E-state index in [4.69, 9.17) is 22.1 Å². The molecule has 3 rings (SSSR count). The minimum Gasteiger partial charge on any atom is -0.492 e. The van der Waals surface area contributed by atoms with E-state index in [1.807, 2.05) is 49.4 Å². The molecule has 1 unspecified atom stereocenters. The van der Waals surface area contributed by atoms with Gasteiger partial charge >= 0.3 is 5.97 Å². The Kier molecular flexibility index (Phi) is 6.49. The lowest BCUT2D eigenvalue weighted by Crippen LogP contribution is -2.30. The molecule has 1 atom stereocenters. The van der Waals surface area contributed by atoms with Gasteiger partial charge in [-0.05, 0) is 24.6 Å². The molecule has 28 heavy (non-hydrogen) atoms. The molecule has 1 aliphatic heterocycles. The maximum Gasteiger partial charge on any atom is 0.306 e. The van der Waals surface area contributed by atoms with E-state index < -0.39 is 5.97 Å². The maximum absolute atomic E-state index is 13.0. The molecule has 0 aromatic heterocycles. The Hall–Kier alpha value is -2.64. The molecule has 2 aromatic carbocycles. The van der Waals surface area contributed by atoms with Gasteiger partial charge in [0.05, 0.1) is 24.0 Å². The van der Waals surface area contributed by atoms with Gasteiger partial charge in [-0.1, -0.05) is 72.5 Å². The van der Waals surface area contributed by atoms with Crippen molar-refractivity contribution in [3.63, 3.8) is 0 Å². The first-order valence-electron chi connectivity index (χ1n) is 8.73. The zero-order chi connectivity index (χ0) is 20.1. The van der Waals surface area contributed by atoms with E-state index in [0.717, 1.165) is 5.56 Å². The summed E-state index contributed by atoms with van der Waals surface area (Å²) < 4.78 is 6.08. The van der Waals surface area contributed by atoms with Crippen LogP contribution < -0.4 is 4.74 Å². The third-order valence-corrected chi connectivity index (χ3v) is 5.60. The van der Waals surface area contributed by atoms with Gasteiger partial charge in [-0.25, -0.2) is 0 Å². The molecule has 1 fully saturated rings. The van der Waals surface area contributed by atoms with Crippen LogP contribution in [0.5, 0.6) is 5.75 Å². The lowest BCUT2D eigenvalue weighted by atomic mass is 10.1. The van der Waals surface area contributed by atoms with Crippen molar-refractivity contribution in [1.82, 2.24) is 4.90 Å². The van der Waals surface area contributed by atoms with Crippen molar-refractivity contribution in [3.05, 3.63) is 70.6 Å². The number of ether oxygens (including phenoxy) is 1. The van der Waals surface area contributed by atoms with Gasteiger partial charge in [-0.15, -0.1) is 0 Å². The number of thiocarbonyl (C=S) groups is 1. The summed E-state index contributed by atoms with van der Waals surface area (Å²) in [4.78, 5) is 25.8. The Morgan fingerprint density at radius 2 is 1.89 bits per heavy atom. The molecule has 5 nitrogen and oxygen atoms in total. The molecule has 0 radical (unpaired) electrons. The summed E-state index contributed by atoms with van der Waals surface area (Å²) in [6.07, 6.45) is 1.65. The molecule has 1 amide bonds. The van der Waals surface area contributed by atoms with Crippen LogP contribution in [0.3, 0.4) is 0 Å². The summed E-state index contributed by atoms with van der Waals surface area (Å²) in [5, 5.41) is 8.77. The Morgan fingerprint density at radius 1 is 1.21 bits per heavy atom. The van der Waals surface area contributed by atoms with Crippen LogP contribution in [-0.2, 0) is 9.59 Å². The van der Waals surface area contributed by atoms with Gasteiger partial charge < -0.3 is 9.84 Å². The highest BCUT2D eigenvalue weighted by Crippen LogP contribution is 2.38. The molecule has 0 bridgehead atoms. The summed E-state index contributed by atoms with van der Waals surface area (Å²) in [6.45, 7) is 2.01. The highest BCUT2D eigenvalue weighted by molar-refractivity contribution is 8.26. The average molecular weight is 414 g/mol. The quantitative estimate of drug-likeness (QED) is 0.532. The van der Waals surface area contributed by atoms with E-state index in [-0.39, 0.29) is 25.0 Å². The van der Waals surface area contributed by atoms with Crippen molar-refractivity contribution in [2.24, 2.45) is 0 Å². The van der Waals surface area contributed by atoms with Crippen LogP contribution in [-0.4, -0.2) is 32.8 Å². The van der Waals surface area contributed by atoms with E-state index >= 15 is 0 Å². The van der Waals surface area contributed by atoms with Crippen LogP contribution in [0.4, 0.5) is 0 Å². The molecule has 1 aliphatic rings. The van der Waals surface area contributed by atoms with Gasteiger partial charge in [-0.3, -0.25) is 14.5 Å². The number of carboxylic acid groups (broad SMARTS) is 1. The fourth-order valence-corrected chi connectivity index (χ4v) is 4.22. The molecular weight excluding hydrogens is 394 g/mol. The number of carbonyl (C=O) groups is 2. The zero-order valence-electron chi connectivity index (χ0n) is 15.2. The molecule has 7 heteroatoms. The number of hydrogen-bond acceptors (Lipinski definition) is 5. The second-order valence-corrected chi connectivity index (χ2v) is 7.84. The van der Waals surface area contributed by atoms with E-state index in [2.05, 4.69) is 0 Å². The fourth-order valence-electron chi connectivity index (χ4n) is 2.82. The number of para-hydroxylation sites is 1. The number of benzene rings is 2. The van der Waals surface area contributed by atoms with Gasteiger partial charge in [0.1, 0.15) is 10.1 Å². The zero-order valence-corrected chi connectivity index (χ0v) is 16.8. The minimum atomic E-state index is -0.923. The van der Waals surface area contributed by atoms with Crippen LogP contribution in [0.2, 0.25) is 0 Å². The summed E-state index contributed by atoms with van der Waals surface area (Å²) in [7, 11) is 0. The van der Waals surface area contributed by atoms with Crippen molar-refractivity contribution in [3.8, 4) is 5.75 Å². The molecular formula is C21H19NO4S2. The van der Waals surface area contributed by atoms with Crippen LogP contribution in [0.15, 0.2) is 59.5 Å². The van der Waals surface area contributed by atoms with Gasteiger partial charge in [0.2, 0.25) is 0 Å². The first kappa shape index (κ1) is 20.1. The second-order valence-electron chi connectivity index (χ2n) is 6.17. The van der Waals surface area contributed by atoms with Gasteiger partial charge in [0.25, 0.3) is 5.91 Å². The van der Waals surface area contributed by atoms with Gasteiger partial charge in [0, 0.05) is 5.56 Å². The van der Waals surface area contributed by atoms with E-state index in [1.54, 1.807) is 23.1 Å². The van der Waals surface area contributed by atoms with E-state index in [9.17, 15) is 9.59 Å². The van der Waals surface area contributed by atoms with Crippen molar-refractivity contribution < 1.29 is 19.4 Å². The Bertz CT molecular complexity index is 927. The molecule has 1 heterocycles. The highest BCUT2D eigenvalue weighted by atomic mass is 32.2. The predicted molar refractivity (Wildman–Crippen MR) is 114 cm³/mol. The van der Waals surface area contributed by atoms with Crippen LogP contribution >= 0.6 is 24.0 Å². The molecule has 144 valence electrons. The second kappa shape index (κ2) is 9.03. The first-order valence-corrected chi connectivity index (χ1v) is 9.95. The number of thioether (sulfide) groups is 1. The lowest BCUT2D eigenvalue weighted by molar-refractivity contribution is -0.137. The number of hydrogen-bond donors (Lipinski definition) is 1. The molecule has 1 saturated heterocycles. The predicted octanol–water partition coefficient (Wildman–Crippen LogP) is 4.50. The maximum atomic E-state index is 13.0. The number of rotatable bonds is 7. The fraction of sp³-hybridized carbons (Fsp3) is 0.190. The van der Waals surface area contributed by atoms with Gasteiger partial charge in [0.15, 0.2) is 0 Å². The Balaban J connectivity index is 1.81. The Morgan fingerprint density at radius 3 is 2.61 bits per heavy atom. The standard InChI is InChI=1S/C21H19NO4S2/c1-14(15-7-3-2-4-8-15)22-20(25)18(28-21(22)27)13-16-9-5-6-10-17(16)26-12-11-19(23)24/h2-10,13-14H,11-12H2,1H3,(H,23,24)/b18-13+. The average Bonchev–Trinajstić information content (AvgIpc) is 2.96. The van der Waals surface area contributed by atoms with Crippen LogP contribution in [0, 0.1) is 0 Å². The molecule has 2 aromatic rings. The molecule has 0 aliphatic carbocycles. The highest BCUT2D eigenvalue weighted by Gasteiger charge is 2.36. The van der Waals surface area contributed by atoms with Crippen molar-refractivity contribution in [2.45, 2.75) is 19.4 Å². The van der Waals surface area contributed by atoms with Crippen molar-refractivity contribution >= 4 is 46.3 Å². The number of carbonyl (C=O) groups excluding carboxylic acids is 1. The minimum absolute atomic E-state index is 0.0617. The topological polar surface area (TPSA) is 66.8 Å². The molecule has 0 spiro atoms. The number of aliphatic carboxylic acids is 1. The lowest BCUT2D eigenvalue weighted by Gasteiger charge is -2.23. The largest absolute Gasteiger partial charge is 0.492 e. The molecule has 0 saturated carbocycles. The van der Waals surface area contributed by atoms with E-state index in [1.165, 1.54) is 11.8 Å².